The van der Waals surface area contributed by atoms with E-state index in [0.29, 0.717) is 5.02 Å². The molecule has 2 aliphatic rings. The van der Waals surface area contributed by atoms with E-state index in [1.165, 1.54) is 33.2 Å². The van der Waals surface area contributed by atoms with E-state index in [1.54, 1.807) is 7.11 Å². The molecule has 1 aliphatic heterocycles. The van der Waals surface area contributed by atoms with Gasteiger partial charge in [0.15, 0.2) is 5.60 Å². The minimum atomic E-state index is -0.829. The molecule has 5 aromatic rings. The third kappa shape index (κ3) is 3.85. The second-order valence-electron chi connectivity index (χ2n) is 11.6. The number of ether oxygens (including phenoxy) is 2. The maximum Gasteiger partial charge on any atom is 0.178 e. The molecule has 1 unspecified atom stereocenters. The zero-order valence-electron chi connectivity index (χ0n) is 24.4. The summed E-state index contributed by atoms with van der Waals surface area (Å²) in [7, 11) is 1.70. The SMILES string of the molecule is CCCC1(CCC)c2ccccc2-c2c1c1c(c3ccccc23)OC(c2ccc(Cl)cc2)(c2ccc(OC)cc2)C=C1. The molecule has 0 spiro atoms. The highest BCUT2D eigenvalue weighted by atomic mass is 35.5. The fourth-order valence-electron chi connectivity index (χ4n) is 7.63. The van der Waals surface area contributed by atoms with E-state index in [0.717, 1.165) is 53.7 Å². The number of hydrogen-bond donors (Lipinski definition) is 0. The van der Waals surface area contributed by atoms with Gasteiger partial charge in [-0.1, -0.05) is 117 Å². The van der Waals surface area contributed by atoms with Crippen LogP contribution in [0.15, 0.2) is 103 Å². The lowest BCUT2D eigenvalue weighted by atomic mass is 9.69. The molecule has 0 aromatic heterocycles. The molecule has 1 aliphatic carbocycles. The summed E-state index contributed by atoms with van der Waals surface area (Å²) in [4.78, 5) is 0. The van der Waals surface area contributed by atoms with E-state index in [-0.39, 0.29) is 5.41 Å². The van der Waals surface area contributed by atoms with Gasteiger partial charge >= 0.3 is 0 Å². The number of benzene rings is 5. The maximum atomic E-state index is 7.42. The van der Waals surface area contributed by atoms with Crippen LogP contribution in [0.2, 0.25) is 5.02 Å². The molecule has 2 nitrogen and oxygen atoms in total. The Morgan fingerprint density at radius 1 is 0.738 bits per heavy atom. The maximum absolute atomic E-state index is 7.42. The van der Waals surface area contributed by atoms with Crippen molar-refractivity contribution in [1.29, 1.82) is 0 Å². The van der Waals surface area contributed by atoms with E-state index in [4.69, 9.17) is 21.1 Å². The first kappa shape index (κ1) is 26.9. The predicted octanol–water partition coefficient (Wildman–Crippen LogP) is 10.7. The van der Waals surface area contributed by atoms with Gasteiger partial charge in [-0.25, -0.2) is 0 Å². The first-order valence-corrected chi connectivity index (χ1v) is 15.4. The summed E-state index contributed by atoms with van der Waals surface area (Å²) in [5, 5.41) is 3.10. The van der Waals surface area contributed by atoms with Gasteiger partial charge in [-0.05, 0) is 70.8 Å². The fraction of sp³-hybridized carbons (Fsp3) is 0.231. The topological polar surface area (TPSA) is 18.5 Å². The Balaban J connectivity index is 1.56. The first-order valence-electron chi connectivity index (χ1n) is 15.0. The fourth-order valence-corrected chi connectivity index (χ4v) is 7.76. The zero-order valence-corrected chi connectivity index (χ0v) is 25.2. The number of fused-ring (bicyclic) bond motifs is 8. The monoisotopic (exact) mass is 570 g/mol. The van der Waals surface area contributed by atoms with Crippen LogP contribution in [0.3, 0.4) is 0 Å². The molecular weight excluding hydrogens is 536 g/mol. The lowest BCUT2D eigenvalue weighted by Crippen LogP contribution is -2.35. The Labute approximate surface area is 253 Å². The molecule has 0 radical (unpaired) electrons. The van der Waals surface area contributed by atoms with Gasteiger partial charge in [0, 0.05) is 32.5 Å². The van der Waals surface area contributed by atoms with E-state index in [9.17, 15) is 0 Å². The first-order chi connectivity index (χ1) is 20.6. The average molecular weight is 571 g/mol. The number of halogens is 1. The van der Waals surface area contributed by atoms with Crippen LogP contribution in [0.25, 0.3) is 28.0 Å². The molecule has 1 heterocycles. The van der Waals surface area contributed by atoms with Gasteiger partial charge in [0.2, 0.25) is 0 Å². The smallest absolute Gasteiger partial charge is 0.178 e. The van der Waals surface area contributed by atoms with Crippen molar-refractivity contribution < 1.29 is 9.47 Å². The van der Waals surface area contributed by atoms with Gasteiger partial charge in [-0.3, -0.25) is 0 Å². The highest BCUT2D eigenvalue weighted by molar-refractivity contribution is 6.30. The van der Waals surface area contributed by atoms with Crippen LogP contribution in [0.1, 0.15) is 67.3 Å². The molecule has 0 N–H and O–H groups in total. The van der Waals surface area contributed by atoms with Crippen LogP contribution in [0.4, 0.5) is 0 Å². The molecule has 3 heteroatoms. The minimum Gasteiger partial charge on any atom is -0.497 e. The highest BCUT2D eigenvalue weighted by Gasteiger charge is 2.47. The molecule has 1 atom stereocenters. The lowest BCUT2D eigenvalue weighted by Gasteiger charge is -2.40. The predicted molar refractivity (Wildman–Crippen MR) is 175 cm³/mol. The molecule has 0 saturated carbocycles. The summed E-state index contributed by atoms with van der Waals surface area (Å²) < 4.78 is 12.9. The van der Waals surface area contributed by atoms with Crippen LogP contribution in [-0.4, -0.2) is 7.11 Å². The van der Waals surface area contributed by atoms with E-state index in [1.807, 2.05) is 24.3 Å². The van der Waals surface area contributed by atoms with Gasteiger partial charge in [0.25, 0.3) is 0 Å². The van der Waals surface area contributed by atoms with Crippen molar-refractivity contribution in [2.45, 2.75) is 50.5 Å². The van der Waals surface area contributed by atoms with E-state index < -0.39 is 5.60 Å². The summed E-state index contributed by atoms with van der Waals surface area (Å²) in [6, 6.07) is 34.1. The van der Waals surface area contributed by atoms with Crippen molar-refractivity contribution >= 4 is 28.4 Å². The summed E-state index contributed by atoms with van der Waals surface area (Å²) in [5.74, 6) is 1.76. The van der Waals surface area contributed by atoms with E-state index in [2.05, 4.69) is 98.8 Å². The van der Waals surface area contributed by atoms with Crippen molar-refractivity contribution in [2.24, 2.45) is 0 Å². The summed E-state index contributed by atoms with van der Waals surface area (Å²) >= 11 is 6.36. The zero-order chi connectivity index (χ0) is 28.9. The molecule has 210 valence electrons. The average Bonchev–Trinajstić information content (AvgIpc) is 3.32. The van der Waals surface area contributed by atoms with Crippen LogP contribution >= 0.6 is 11.6 Å². The molecule has 5 aromatic carbocycles. The Hall–Kier alpha value is -4.01. The standard InChI is InChI=1S/C39H35ClO2/c1-4-23-38(24-5-2)34-13-9-8-12-32(34)35-30-10-6-7-11-31(30)37-33(36(35)38)22-25-39(42-37,26-14-18-28(40)19-15-26)27-16-20-29(41-3)21-17-27/h6-22,25H,4-5,23-24H2,1-3H3. The molecule has 0 amide bonds. The second-order valence-corrected chi connectivity index (χ2v) is 12.0. The van der Waals surface area contributed by atoms with Crippen molar-refractivity contribution in [2.75, 3.05) is 7.11 Å². The molecule has 7 rings (SSSR count). The summed E-state index contributed by atoms with van der Waals surface area (Å²) in [6.07, 6.45) is 9.02. The molecule has 0 saturated heterocycles. The minimum absolute atomic E-state index is 0.0579. The molecule has 0 fully saturated rings. The number of hydrogen-bond acceptors (Lipinski definition) is 2. The van der Waals surface area contributed by atoms with Crippen LogP contribution in [-0.2, 0) is 11.0 Å². The Morgan fingerprint density at radius 2 is 1.36 bits per heavy atom. The van der Waals surface area contributed by atoms with Crippen molar-refractivity contribution in [1.82, 2.24) is 0 Å². The third-order valence-corrected chi connectivity index (χ3v) is 9.54. The quantitative estimate of drug-likeness (QED) is 0.194. The Morgan fingerprint density at radius 3 is 2.02 bits per heavy atom. The Bertz CT molecular complexity index is 1810. The van der Waals surface area contributed by atoms with Crippen LogP contribution in [0.5, 0.6) is 11.5 Å². The largest absolute Gasteiger partial charge is 0.497 e. The summed E-state index contributed by atoms with van der Waals surface area (Å²) in [6.45, 7) is 4.63. The number of methoxy groups -OCH3 is 1. The van der Waals surface area contributed by atoms with Crippen LogP contribution < -0.4 is 9.47 Å². The van der Waals surface area contributed by atoms with Gasteiger partial charge < -0.3 is 9.47 Å². The second kappa shape index (κ2) is 10.4. The van der Waals surface area contributed by atoms with E-state index >= 15 is 0 Å². The molecule has 0 bridgehead atoms. The van der Waals surface area contributed by atoms with Crippen molar-refractivity contribution in [3.8, 4) is 22.6 Å². The number of rotatable bonds is 7. The van der Waals surface area contributed by atoms with Gasteiger partial charge in [0.1, 0.15) is 11.5 Å². The highest BCUT2D eigenvalue weighted by Crippen LogP contribution is 2.60. The molecule has 42 heavy (non-hydrogen) atoms. The van der Waals surface area contributed by atoms with Crippen molar-refractivity contribution in [3.05, 3.63) is 136 Å². The normalized spacial score (nSPS) is 17.8. The Kier molecular flexibility index (Phi) is 6.63. The molecular formula is C39H35ClO2. The van der Waals surface area contributed by atoms with Crippen molar-refractivity contribution in [3.63, 3.8) is 0 Å². The third-order valence-electron chi connectivity index (χ3n) is 9.29. The van der Waals surface area contributed by atoms with Gasteiger partial charge in [0.05, 0.1) is 7.11 Å². The van der Waals surface area contributed by atoms with Crippen LogP contribution in [0, 0.1) is 0 Å². The lowest BCUT2D eigenvalue weighted by molar-refractivity contribution is 0.163. The summed E-state index contributed by atoms with van der Waals surface area (Å²) in [5.41, 5.74) is 8.01. The van der Waals surface area contributed by atoms with Gasteiger partial charge in [-0.2, -0.15) is 0 Å². The van der Waals surface area contributed by atoms with Gasteiger partial charge in [-0.15, -0.1) is 0 Å².